The van der Waals surface area contributed by atoms with Gasteiger partial charge in [-0.2, -0.15) is 0 Å². The molecule has 2 N–H and O–H groups in total. The number of halogens is 2. The van der Waals surface area contributed by atoms with Gasteiger partial charge in [-0.05, 0) is 12.1 Å². The average Bonchev–Trinajstić information content (AvgIpc) is 2.31. The summed E-state index contributed by atoms with van der Waals surface area (Å²) in [5.74, 6) is 0.839. The maximum atomic E-state index is 5.94. The van der Waals surface area contributed by atoms with Crippen molar-refractivity contribution >= 4 is 36.2 Å². The average molecular weight is 281 g/mol. The van der Waals surface area contributed by atoms with Gasteiger partial charge < -0.3 is 20.1 Å². The number of nitrogen functional groups attached to an aromatic ring is 1. The summed E-state index contributed by atoms with van der Waals surface area (Å²) >= 11 is 0. The van der Waals surface area contributed by atoms with Crippen LogP contribution in [0, 0.1) is 0 Å². The fourth-order valence-electron chi connectivity index (χ4n) is 1.73. The molecule has 6 heteroatoms. The fraction of sp³-hybridized carbons (Fsp3) is 0.455. The molecule has 0 spiro atoms. The van der Waals surface area contributed by atoms with Gasteiger partial charge in [-0.25, -0.2) is 0 Å². The van der Waals surface area contributed by atoms with Crippen molar-refractivity contribution in [1.82, 2.24) is 0 Å². The quantitative estimate of drug-likeness (QED) is 0.842. The molecule has 0 aliphatic carbocycles. The highest BCUT2D eigenvalue weighted by Crippen LogP contribution is 2.28. The number of nitrogens with zero attached hydrogens (tertiary/aromatic N) is 1. The summed E-state index contributed by atoms with van der Waals surface area (Å²) in [6, 6.07) is 5.73. The number of methoxy groups -OCH3 is 1. The normalized spacial score (nSPS) is 14.5. The Balaban J connectivity index is 0.00000128. The highest BCUT2D eigenvalue weighted by atomic mass is 35.5. The second-order valence-electron chi connectivity index (χ2n) is 3.52. The Morgan fingerprint density at radius 2 is 1.88 bits per heavy atom. The van der Waals surface area contributed by atoms with E-state index in [-0.39, 0.29) is 24.8 Å². The van der Waals surface area contributed by atoms with Gasteiger partial charge in [-0.3, -0.25) is 0 Å². The number of morpholine rings is 1. The SMILES string of the molecule is COc1ccc(N)c(N2CCOCC2)c1.Cl.Cl. The highest BCUT2D eigenvalue weighted by Gasteiger charge is 2.14. The fourth-order valence-corrected chi connectivity index (χ4v) is 1.73. The van der Waals surface area contributed by atoms with E-state index in [1.807, 2.05) is 18.2 Å². The van der Waals surface area contributed by atoms with Crippen LogP contribution < -0.4 is 15.4 Å². The molecule has 0 radical (unpaired) electrons. The Labute approximate surface area is 114 Å². The molecule has 1 aliphatic rings. The van der Waals surface area contributed by atoms with Crippen LogP contribution in [0.2, 0.25) is 0 Å². The minimum Gasteiger partial charge on any atom is -0.497 e. The van der Waals surface area contributed by atoms with Crippen molar-refractivity contribution in [1.29, 1.82) is 0 Å². The van der Waals surface area contributed by atoms with E-state index in [1.54, 1.807) is 7.11 Å². The van der Waals surface area contributed by atoms with E-state index in [0.29, 0.717) is 0 Å². The van der Waals surface area contributed by atoms with Crippen LogP contribution in [0.3, 0.4) is 0 Å². The van der Waals surface area contributed by atoms with Crippen molar-refractivity contribution in [3.8, 4) is 5.75 Å². The molecule has 0 aromatic heterocycles. The van der Waals surface area contributed by atoms with E-state index in [9.17, 15) is 0 Å². The summed E-state index contributed by atoms with van der Waals surface area (Å²) in [6.45, 7) is 3.29. The topological polar surface area (TPSA) is 47.7 Å². The standard InChI is InChI=1S/C11H16N2O2.2ClH/c1-14-9-2-3-10(12)11(8-9)13-4-6-15-7-5-13;;/h2-3,8H,4-7,12H2,1H3;2*1H. The zero-order valence-electron chi connectivity index (χ0n) is 9.72. The molecule has 1 saturated heterocycles. The van der Waals surface area contributed by atoms with Crippen molar-refractivity contribution in [2.45, 2.75) is 0 Å². The third-order valence-corrected chi connectivity index (χ3v) is 2.59. The molecule has 1 aromatic carbocycles. The van der Waals surface area contributed by atoms with Crippen LogP contribution in [-0.2, 0) is 4.74 Å². The number of rotatable bonds is 2. The second-order valence-corrected chi connectivity index (χ2v) is 3.52. The highest BCUT2D eigenvalue weighted by molar-refractivity contribution is 5.85. The molecule has 98 valence electrons. The van der Waals surface area contributed by atoms with Crippen molar-refractivity contribution in [2.24, 2.45) is 0 Å². The van der Waals surface area contributed by atoms with E-state index in [2.05, 4.69) is 4.90 Å². The zero-order valence-corrected chi connectivity index (χ0v) is 11.4. The Morgan fingerprint density at radius 3 is 2.47 bits per heavy atom. The van der Waals surface area contributed by atoms with Gasteiger partial charge in [0.1, 0.15) is 5.75 Å². The largest absolute Gasteiger partial charge is 0.497 e. The zero-order chi connectivity index (χ0) is 10.7. The number of benzene rings is 1. The van der Waals surface area contributed by atoms with E-state index < -0.39 is 0 Å². The molecule has 2 rings (SSSR count). The van der Waals surface area contributed by atoms with Crippen molar-refractivity contribution in [3.05, 3.63) is 18.2 Å². The van der Waals surface area contributed by atoms with E-state index in [1.165, 1.54) is 0 Å². The van der Waals surface area contributed by atoms with Crippen molar-refractivity contribution in [3.63, 3.8) is 0 Å². The molecule has 0 saturated carbocycles. The van der Waals surface area contributed by atoms with Gasteiger partial charge in [-0.1, -0.05) is 0 Å². The van der Waals surface area contributed by atoms with Crippen LogP contribution in [0.25, 0.3) is 0 Å². The van der Waals surface area contributed by atoms with Gasteiger partial charge >= 0.3 is 0 Å². The molecule has 0 bridgehead atoms. The predicted octanol–water partition coefficient (Wildman–Crippen LogP) is 1.96. The summed E-state index contributed by atoms with van der Waals surface area (Å²) < 4.78 is 10.5. The third kappa shape index (κ3) is 3.84. The summed E-state index contributed by atoms with van der Waals surface area (Å²) in [6.07, 6.45) is 0. The first kappa shape index (κ1) is 16.2. The number of hydrogen-bond donors (Lipinski definition) is 1. The molecular weight excluding hydrogens is 263 g/mol. The lowest BCUT2D eigenvalue weighted by Crippen LogP contribution is -2.36. The lowest BCUT2D eigenvalue weighted by atomic mass is 10.2. The monoisotopic (exact) mass is 280 g/mol. The minimum atomic E-state index is 0. The van der Waals surface area contributed by atoms with Crippen LogP contribution in [-0.4, -0.2) is 33.4 Å². The molecule has 1 heterocycles. The van der Waals surface area contributed by atoms with Crippen LogP contribution in [0.5, 0.6) is 5.75 Å². The Morgan fingerprint density at radius 1 is 1.24 bits per heavy atom. The van der Waals surface area contributed by atoms with Crippen molar-refractivity contribution in [2.75, 3.05) is 44.0 Å². The van der Waals surface area contributed by atoms with Crippen LogP contribution in [0.1, 0.15) is 0 Å². The Hall–Kier alpha value is -0.840. The van der Waals surface area contributed by atoms with Crippen LogP contribution in [0.15, 0.2) is 18.2 Å². The number of nitrogens with two attached hydrogens (primary N) is 1. The third-order valence-electron chi connectivity index (χ3n) is 2.59. The Kier molecular flexibility index (Phi) is 7.11. The second kappa shape index (κ2) is 7.48. The molecule has 1 aromatic rings. The molecule has 1 fully saturated rings. The number of ether oxygens (including phenoxy) is 2. The van der Waals surface area contributed by atoms with Crippen LogP contribution >= 0.6 is 24.8 Å². The molecule has 1 aliphatic heterocycles. The van der Waals surface area contributed by atoms with Crippen LogP contribution in [0.4, 0.5) is 11.4 Å². The molecular formula is C11H18Cl2N2O2. The maximum absolute atomic E-state index is 5.94. The summed E-state index contributed by atoms with van der Waals surface area (Å²) in [4.78, 5) is 2.22. The molecule has 0 atom stereocenters. The summed E-state index contributed by atoms with van der Waals surface area (Å²) in [5.41, 5.74) is 7.77. The molecule has 0 amide bonds. The van der Waals surface area contributed by atoms with Gasteiger partial charge in [0.25, 0.3) is 0 Å². The Bertz CT molecular complexity index is 344. The maximum Gasteiger partial charge on any atom is 0.121 e. The molecule has 4 nitrogen and oxygen atoms in total. The molecule has 0 unspecified atom stereocenters. The molecule has 17 heavy (non-hydrogen) atoms. The van der Waals surface area contributed by atoms with Gasteiger partial charge in [0.2, 0.25) is 0 Å². The van der Waals surface area contributed by atoms with Crippen molar-refractivity contribution < 1.29 is 9.47 Å². The number of anilines is 2. The minimum absolute atomic E-state index is 0. The predicted molar refractivity (Wildman–Crippen MR) is 74.9 cm³/mol. The smallest absolute Gasteiger partial charge is 0.121 e. The van der Waals surface area contributed by atoms with Gasteiger partial charge in [0.15, 0.2) is 0 Å². The lowest BCUT2D eigenvalue weighted by Gasteiger charge is -2.30. The van der Waals surface area contributed by atoms with Gasteiger partial charge in [0.05, 0.1) is 31.7 Å². The van der Waals surface area contributed by atoms with E-state index >= 15 is 0 Å². The summed E-state index contributed by atoms with van der Waals surface area (Å²) in [5, 5.41) is 0. The van der Waals surface area contributed by atoms with E-state index in [4.69, 9.17) is 15.2 Å². The first-order valence-corrected chi connectivity index (χ1v) is 5.07. The first-order chi connectivity index (χ1) is 7.31. The first-order valence-electron chi connectivity index (χ1n) is 5.07. The van der Waals surface area contributed by atoms with Gasteiger partial charge in [-0.15, -0.1) is 24.8 Å². The van der Waals surface area contributed by atoms with E-state index in [0.717, 1.165) is 43.4 Å². The summed E-state index contributed by atoms with van der Waals surface area (Å²) in [7, 11) is 1.66. The van der Waals surface area contributed by atoms with Gasteiger partial charge in [0, 0.05) is 19.2 Å². The number of hydrogen-bond acceptors (Lipinski definition) is 4. The lowest BCUT2D eigenvalue weighted by molar-refractivity contribution is 0.122.